The summed E-state index contributed by atoms with van der Waals surface area (Å²) in [6, 6.07) is 21.0. The molecule has 1 heterocycles. The molecular weight excluding hydrogens is 432 g/mol. The zero-order valence-electron chi connectivity index (χ0n) is 17.1. The molecule has 3 N–H and O–H groups in total. The van der Waals surface area contributed by atoms with Crippen LogP contribution in [0, 0.1) is 0 Å². The number of hydrogen-bond donors (Lipinski definition) is 2. The molecule has 0 saturated carbocycles. The summed E-state index contributed by atoms with van der Waals surface area (Å²) in [7, 11) is -2.70. The number of amides is 1. The van der Waals surface area contributed by atoms with E-state index in [2.05, 4.69) is 5.32 Å². The van der Waals surface area contributed by atoms with Crippen LogP contribution in [-0.4, -0.2) is 21.4 Å². The molecule has 0 saturated heterocycles. The summed E-state index contributed by atoms with van der Waals surface area (Å²) in [6.45, 7) is 0.143. The molecule has 8 nitrogen and oxygen atoms in total. The van der Waals surface area contributed by atoms with Gasteiger partial charge < -0.3 is 19.2 Å². The first-order valence-corrected chi connectivity index (χ1v) is 11.1. The van der Waals surface area contributed by atoms with Crippen molar-refractivity contribution in [1.29, 1.82) is 0 Å². The molecular formula is C23H20N2O6S. The summed E-state index contributed by atoms with van der Waals surface area (Å²) in [5, 5.41) is 9.96. The van der Waals surface area contributed by atoms with E-state index in [1.165, 1.54) is 31.4 Å². The number of benzene rings is 3. The SMILES string of the molecule is COc1ccc(NC(=O)c2ccc(COc3ccc4ccccc4c3)o2)cc1S(N)(=O)=O. The molecule has 4 aromatic rings. The Morgan fingerprint density at radius 1 is 1.00 bits per heavy atom. The number of furan rings is 1. The van der Waals surface area contributed by atoms with Gasteiger partial charge in [-0.2, -0.15) is 0 Å². The van der Waals surface area contributed by atoms with Crippen LogP contribution in [0.15, 0.2) is 82.1 Å². The predicted octanol–water partition coefficient (Wildman–Crippen LogP) is 3.92. The highest BCUT2D eigenvalue weighted by molar-refractivity contribution is 7.89. The highest BCUT2D eigenvalue weighted by Gasteiger charge is 2.18. The van der Waals surface area contributed by atoms with E-state index in [1.54, 1.807) is 6.07 Å². The average Bonchev–Trinajstić information content (AvgIpc) is 3.26. The average molecular weight is 452 g/mol. The Kier molecular flexibility index (Phi) is 5.85. The van der Waals surface area contributed by atoms with Gasteiger partial charge in [0.1, 0.15) is 28.8 Å². The van der Waals surface area contributed by atoms with Gasteiger partial charge in [-0.1, -0.05) is 30.3 Å². The molecule has 1 aromatic heterocycles. The Hall–Kier alpha value is -3.82. The maximum atomic E-state index is 12.5. The molecule has 32 heavy (non-hydrogen) atoms. The number of nitrogens with two attached hydrogens (primary N) is 1. The van der Waals surface area contributed by atoms with Crippen molar-refractivity contribution in [3.05, 3.63) is 84.3 Å². The minimum atomic E-state index is -4.03. The monoisotopic (exact) mass is 452 g/mol. The van der Waals surface area contributed by atoms with Crippen LogP contribution < -0.4 is 19.9 Å². The quantitative estimate of drug-likeness (QED) is 0.438. The Morgan fingerprint density at radius 3 is 2.53 bits per heavy atom. The van der Waals surface area contributed by atoms with Crippen LogP contribution in [0.2, 0.25) is 0 Å². The summed E-state index contributed by atoms with van der Waals surface area (Å²) in [5.74, 6) is 0.724. The van der Waals surface area contributed by atoms with Gasteiger partial charge in [0, 0.05) is 5.69 Å². The fourth-order valence-corrected chi connectivity index (χ4v) is 3.88. The molecule has 164 valence electrons. The third kappa shape index (κ3) is 4.74. The third-order valence-corrected chi connectivity index (χ3v) is 5.65. The first-order chi connectivity index (χ1) is 15.3. The van der Waals surface area contributed by atoms with Crippen LogP contribution >= 0.6 is 0 Å². The topological polar surface area (TPSA) is 121 Å². The van der Waals surface area contributed by atoms with Crippen molar-refractivity contribution in [3.63, 3.8) is 0 Å². The smallest absolute Gasteiger partial charge is 0.291 e. The molecule has 1 amide bonds. The summed E-state index contributed by atoms with van der Waals surface area (Å²) in [5.41, 5.74) is 0.227. The van der Waals surface area contributed by atoms with Crippen LogP contribution in [0.3, 0.4) is 0 Å². The fraction of sp³-hybridized carbons (Fsp3) is 0.0870. The number of rotatable bonds is 7. The number of anilines is 1. The molecule has 0 aliphatic carbocycles. The molecule has 3 aromatic carbocycles. The van der Waals surface area contributed by atoms with Gasteiger partial charge in [0.05, 0.1) is 7.11 Å². The minimum absolute atomic E-state index is 0.0510. The van der Waals surface area contributed by atoms with Crippen molar-refractivity contribution in [2.45, 2.75) is 11.5 Å². The number of nitrogens with one attached hydrogen (secondary N) is 1. The number of hydrogen-bond acceptors (Lipinski definition) is 6. The highest BCUT2D eigenvalue weighted by atomic mass is 32.2. The Labute approximate surface area is 184 Å². The Morgan fingerprint density at radius 2 is 1.78 bits per heavy atom. The van der Waals surface area contributed by atoms with Crippen LogP contribution in [0.5, 0.6) is 11.5 Å². The van der Waals surface area contributed by atoms with Gasteiger partial charge in [0.25, 0.3) is 5.91 Å². The number of primary sulfonamides is 1. The van der Waals surface area contributed by atoms with Gasteiger partial charge in [-0.25, -0.2) is 13.6 Å². The lowest BCUT2D eigenvalue weighted by molar-refractivity contribution is 0.0992. The largest absolute Gasteiger partial charge is 0.495 e. The van der Waals surface area contributed by atoms with Gasteiger partial charge in [-0.05, 0) is 53.2 Å². The lowest BCUT2D eigenvalue weighted by Crippen LogP contribution is -2.15. The van der Waals surface area contributed by atoms with E-state index in [0.717, 1.165) is 10.8 Å². The van der Waals surface area contributed by atoms with Crippen molar-refractivity contribution in [2.75, 3.05) is 12.4 Å². The van der Waals surface area contributed by atoms with Crippen molar-refractivity contribution in [3.8, 4) is 11.5 Å². The molecule has 0 spiro atoms. The summed E-state index contributed by atoms with van der Waals surface area (Å²) in [6.07, 6.45) is 0. The normalized spacial score (nSPS) is 11.3. The third-order valence-electron chi connectivity index (χ3n) is 4.72. The van der Waals surface area contributed by atoms with Gasteiger partial charge in [-0.15, -0.1) is 0 Å². The first kappa shape index (κ1) is 21.4. The second-order valence-electron chi connectivity index (χ2n) is 6.93. The Balaban J connectivity index is 1.43. The van der Waals surface area contributed by atoms with E-state index >= 15 is 0 Å². The van der Waals surface area contributed by atoms with E-state index in [-0.39, 0.29) is 28.7 Å². The lowest BCUT2D eigenvalue weighted by Gasteiger charge is -2.09. The maximum absolute atomic E-state index is 12.5. The van der Waals surface area contributed by atoms with E-state index in [9.17, 15) is 13.2 Å². The predicted molar refractivity (Wildman–Crippen MR) is 119 cm³/mol. The number of ether oxygens (including phenoxy) is 2. The van der Waals surface area contributed by atoms with Crippen molar-refractivity contribution in [1.82, 2.24) is 0 Å². The zero-order chi connectivity index (χ0) is 22.7. The molecule has 0 bridgehead atoms. The first-order valence-electron chi connectivity index (χ1n) is 9.56. The summed E-state index contributed by atoms with van der Waals surface area (Å²) in [4.78, 5) is 12.3. The standard InChI is InChI=1S/C23H20N2O6S/c1-29-20-10-7-17(13-22(20)32(24,27)28)25-23(26)21-11-9-19(31-21)14-30-18-8-6-15-4-2-3-5-16(15)12-18/h2-13H,14H2,1H3,(H,25,26)(H2,24,27,28). The number of sulfonamides is 1. The van der Waals surface area contributed by atoms with Gasteiger partial charge in [0.15, 0.2) is 5.76 Å². The second-order valence-corrected chi connectivity index (χ2v) is 8.46. The van der Waals surface area contributed by atoms with Gasteiger partial charge in [-0.3, -0.25) is 4.79 Å². The van der Waals surface area contributed by atoms with Crippen LogP contribution in [0.25, 0.3) is 10.8 Å². The molecule has 4 rings (SSSR count). The zero-order valence-corrected chi connectivity index (χ0v) is 17.9. The van der Waals surface area contributed by atoms with E-state index in [0.29, 0.717) is 11.5 Å². The molecule has 0 aliphatic rings. The molecule has 0 radical (unpaired) electrons. The molecule has 0 fully saturated rings. The summed E-state index contributed by atoms with van der Waals surface area (Å²) < 4.78 is 39.8. The number of fused-ring (bicyclic) bond motifs is 1. The molecule has 0 atom stereocenters. The van der Waals surface area contributed by atoms with E-state index < -0.39 is 15.9 Å². The Bertz CT molecular complexity index is 1390. The molecule has 0 unspecified atom stereocenters. The number of carbonyl (C=O) groups is 1. The van der Waals surface area contributed by atoms with E-state index in [4.69, 9.17) is 19.0 Å². The van der Waals surface area contributed by atoms with Crippen LogP contribution in [-0.2, 0) is 16.6 Å². The highest BCUT2D eigenvalue weighted by Crippen LogP contribution is 2.27. The van der Waals surface area contributed by atoms with Gasteiger partial charge in [0.2, 0.25) is 10.0 Å². The number of carbonyl (C=O) groups excluding carboxylic acids is 1. The van der Waals surface area contributed by atoms with E-state index in [1.807, 2.05) is 42.5 Å². The number of methoxy groups -OCH3 is 1. The van der Waals surface area contributed by atoms with Crippen LogP contribution in [0.4, 0.5) is 5.69 Å². The lowest BCUT2D eigenvalue weighted by atomic mass is 10.1. The summed E-state index contributed by atoms with van der Waals surface area (Å²) >= 11 is 0. The van der Waals surface area contributed by atoms with Crippen LogP contribution in [0.1, 0.15) is 16.3 Å². The van der Waals surface area contributed by atoms with Crippen molar-refractivity contribution < 1.29 is 27.1 Å². The van der Waals surface area contributed by atoms with Crippen molar-refractivity contribution in [2.24, 2.45) is 5.14 Å². The maximum Gasteiger partial charge on any atom is 0.291 e. The minimum Gasteiger partial charge on any atom is -0.495 e. The fourth-order valence-electron chi connectivity index (χ4n) is 3.16. The van der Waals surface area contributed by atoms with Crippen molar-refractivity contribution >= 4 is 32.4 Å². The molecule has 9 heteroatoms. The van der Waals surface area contributed by atoms with Gasteiger partial charge >= 0.3 is 0 Å². The second kappa shape index (κ2) is 8.74. The molecule has 0 aliphatic heterocycles.